The summed E-state index contributed by atoms with van der Waals surface area (Å²) < 4.78 is 0. The molecule has 3 aliphatic rings. The first-order valence-electron chi connectivity index (χ1n) is 5.10. The van der Waals surface area contributed by atoms with Crippen LogP contribution in [0.4, 0.5) is 0 Å². The van der Waals surface area contributed by atoms with Crippen molar-refractivity contribution in [3.63, 3.8) is 0 Å². The van der Waals surface area contributed by atoms with E-state index in [0.717, 1.165) is 6.42 Å². The first-order valence-corrected chi connectivity index (χ1v) is 5.10. The maximum absolute atomic E-state index is 11.7. The van der Waals surface area contributed by atoms with Gasteiger partial charge in [-0.15, -0.1) is 0 Å². The van der Waals surface area contributed by atoms with E-state index >= 15 is 0 Å². The van der Waals surface area contributed by atoms with E-state index in [1.165, 1.54) is 5.57 Å². The highest BCUT2D eigenvalue weighted by molar-refractivity contribution is 5.84. The van der Waals surface area contributed by atoms with Gasteiger partial charge in [0.2, 0.25) is 5.91 Å². The Morgan fingerprint density at radius 3 is 3.00 bits per heavy atom. The van der Waals surface area contributed by atoms with Crippen LogP contribution in [0.25, 0.3) is 0 Å². The Hall–Kier alpha value is -1.31. The van der Waals surface area contributed by atoms with E-state index in [-0.39, 0.29) is 17.7 Å². The van der Waals surface area contributed by atoms with Gasteiger partial charge in [-0.3, -0.25) is 4.79 Å². The number of carbonyl (C=O) groups excluding carboxylic acids is 1. The summed E-state index contributed by atoms with van der Waals surface area (Å²) in [6.07, 6.45) is 9.32. The van der Waals surface area contributed by atoms with E-state index in [1.807, 2.05) is 6.08 Å². The van der Waals surface area contributed by atoms with Crippen LogP contribution in [0.3, 0.4) is 0 Å². The van der Waals surface area contributed by atoms with Gasteiger partial charge >= 0.3 is 0 Å². The molecule has 14 heavy (non-hydrogen) atoms. The Morgan fingerprint density at radius 1 is 1.36 bits per heavy atom. The number of hydrogen-bond acceptors (Lipinski definition) is 1. The van der Waals surface area contributed by atoms with E-state index in [0.29, 0.717) is 12.0 Å². The molecule has 4 atom stereocenters. The van der Waals surface area contributed by atoms with Crippen molar-refractivity contribution in [3.8, 4) is 0 Å². The second-order valence-corrected chi connectivity index (χ2v) is 4.38. The topological polar surface area (TPSA) is 29.1 Å². The molecule has 0 unspecified atom stereocenters. The van der Waals surface area contributed by atoms with Crippen LogP contribution < -0.4 is 5.32 Å². The van der Waals surface area contributed by atoms with Gasteiger partial charge in [0.15, 0.2) is 0 Å². The molecule has 2 heteroatoms. The van der Waals surface area contributed by atoms with Gasteiger partial charge in [0.25, 0.3) is 0 Å². The zero-order chi connectivity index (χ0) is 9.71. The minimum absolute atomic E-state index is 0.108. The largest absolute Gasteiger partial charge is 0.352 e. The third-order valence-corrected chi connectivity index (χ3v) is 3.61. The van der Waals surface area contributed by atoms with Crippen LogP contribution in [-0.2, 0) is 4.79 Å². The molecule has 3 rings (SSSR count). The third-order valence-electron chi connectivity index (χ3n) is 3.61. The minimum Gasteiger partial charge on any atom is -0.352 e. The second-order valence-electron chi connectivity index (χ2n) is 4.38. The molecular formula is C12H13NO. The Bertz CT molecular complexity index is 367. The van der Waals surface area contributed by atoms with Gasteiger partial charge in [0, 0.05) is 17.9 Å². The Balaban J connectivity index is 2.11. The monoisotopic (exact) mass is 187 g/mol. The summed E-state index contributed by atoms with van der Waals surface area (Å²) in [5.41, 5.74) is 1.20. The lowest BCUT2D eigenvalue weighted by molar-refractivity contribution is -0.123. The van der Waals surface area contributed by atoms with Crippen molar-refractivity contribution in [1.29, 1.82) is 0 Å². The molecule has 2 aliphatic carbocycles. The predicted molar refractivity (Wildman–Crippen MR) is 54.4 cm³/mol. The molecule has 4 bridgehead atoms. The van der Waals surface area contributed by atoms with E-state index in [2.05, 4.69) is 30.1 Å². The SMILES string of the molecule is C=C1C[C@@H]2NC(=O)[C@@H]3[C@@H]2C=CC=C[C@@H]13. The zero-order valence-corrected chi connectivity index (χ0v) is 7.94. The number of allylic oxidation sites excluding steroid dienone is 3. The maximum atomic E-state index is 11.7. The fourth-order valence-corrected chi connectivity index (χ4v) is 2.95. The molecule has 1 aliphatic heterocycles. The summed E-state index contributed by atoms with van der Waals surface area (Å²) in [6.45, 7) is 4.08. The second kappa shape index (κ2) is 2.59. The lowest BCUT2D eigenvalue weighted by Gasteiger charge is -2.31. The van der Waals surface area contributed by atoms with Crippen molar-refractivity contribution in [2.45, 2.75) is 12.5 Å². The van der Waals surface area contributed by atoms with Gasteiger partial charge < -0.3 is 5.32 Å². The van der Waals surface area contributed by atoms with Gasteiger partial charge in [0.05, 0.1) is 5.92 Å². The standard InChI is InChI=1S/C12H13NO/c1-7-6-10-9-5-3-2-4-8(7)11(9)12(14)13-10/h2-5,8-11H,1,6H2,(H,13,14)/t8-,9+,10-,11-/m0/s1. The van der Waals surface area contributed by atoms with Gasteiger partial charge in [-0.2, -0.15) is 0 Å². The molecule has 0 spiro atoms. The first-order chi connectivity index (χ1) is 6.77. The summed E-state index contributed by atoms with van der Waals surface area (Å²) in [7, 11) is 0. The number of amides is 1. The van der Waals surface area contributed by atoms with Gasteiger partial charge in [-0.1, -0.05) is 36.5 Å². The van der Waals surface area contributed by atoms with E-state index < -0.39 is 0 Å². The average molecular weight is 187 g/mol. The van der Waals surface area contributed by atoms with Crippen molar-refractivity contribution in [2.75, 3.05) is 0 Å². The third kappa shape index (κ3) is 0.884. The molecule has 1 saturated carbocycles. The predicted octanol–water partition coefficient (Wildman–Crippen LogP) is 1.42. The summed E-state index contributed by atoms with van der Waals surface area (Å²) in [5, 5.41) is 3.06. The molecule has 1 amide bonds. The van der Waals surface area contributed by atoms with Gasteiger partial charge in [-0.25, -0.2) is 0 Å². The Labute approximate surface area is 83.4 Å². The van der Waals surface area contributed by atoms with Crippen molar-refractivity contribution < 1.29 is 4.79 Å². The van der Waals surface area contributed by atoms with Crippen LogP contribution in [-0.4, -0.2) is 11.9 Å². The molecule has 1 saturated heterocycles. The summed E-state index contributed by atoms with van der Waals surface area (Å²) >= 11 is 0. The van der Waals surface area contributed by atoms with Crippen LogP contribution in [0.15, 0.2) is 36.5 Å². The minimum atomic E-state index is 0.108. The van der Waals surface area contributed by atoms with Crippen molar-refractivity contribution >= 4 is 5.91 Å². The van der Waals surface area contributed by atoms with Crippen LogP contribution in [0.1, 0.15) is 6.42 Å². The number of hydrogen-bond donors (Lipinski definition) is 1. The molecule has 2 nitrogen and oxygen atoms in total. The lowest BCUT2D eigenvalue weighted by Crippen LogP contribution is -2.32. The number of nitrogens with one attached hydrogen (secondary N) is 1. The normalized spacial score (nSPS) is 43.7. The molecule has 1 N–H and O–H groups in total. The van der Waals surface area contributed by atoms with Gasteiger partial charge in [-0.05, 0) is 6.42 Å². The summed E-state index contributed by atoms with van der Waals surface area (Å²) in [4.78, 5) is 11.7. The highest BCUT2D eigenvalue weighted by Gasteiger charge is 2.49. The summed E-state index contributed by atoms with van der Waals surface area (Å²) in [5.74, 6) is 0.956. The fourth-order valence-electron chi connectivity index (χ4n) is 2.95. The number of rotatable bonds is 0. The highest BCUT2D eigenvalue weighted by Crippen LogP contribution is 2.44. The van der Waals surface area contributed by atoms with Crippen LogP contribution in [0.2, 0.25) is 0 Å². The quantitative estimate of drug-likeness (QED) is 0.571. The van der Waals surface area contributed by atoms with E-state index in [4.69, 9.17) is 0 Å². The number of carbonyl (C=O) groups is 1. The van der Waals surface area contributed by atoms with E-state index in [1.54, 1.807) is 0 Å². The lowest BCUT2D eigenvalue weighted by atomic mass is 9.71. The van der Waals surface area contributed by atoms with Crippen LogP contribution >= 0.6 is 0 Å². The Morgan fingerprint density at radius 2 is 2.14 bits per heavy atom. The van der Waals surface area contributed by atoms with Crippen molar-refractivity contribution in [3.05, 3.63) is 36.5 Å². The molecule has 1 heterocycles. The Kier molecular flexibility index (Phi) is 1.49. The highest BCUT2D eigenvalue weighted by atomic mass is 16.2. The molecular weight excluding hydrogens is 174 g/mol. The van der Waals surface area contributed by atoms with Gasteiger partial charge in [0.1, 0.15) is 0 Å². The average Bonchev–Trinajstić information content (AvgIpc) is 2.35. The van der Waals surface area contributed by atoms with Crippen LogP contribution in [0, 0.1) is 17.8 Å². The van der Waals surface area contributed by atoms with Crippen molar-refractivity contribution in [2.24, 2.45) is 17.8 Å². The molecule has 72 valence electrons. The molecule has 0 aromatic rings. The zero-order valence-electron chi connectivity index (χ0n) is 7.94. The van der Waals surface area contributed by atoms with Crippen LogP contribution in [0.5, 0.6) is 0 Å². The molecule has 0 aromatic carbocycles. The molecule has 0 aromatic heterocycles. The molecule has 2 fully saturated rings. The molecule has 0 radical (unpaired) electrons. The van der Waals surface area contributed by atoms with Crippen molar-refractivity contribution in [1.82, 2.24) is 5.32 Å². The smallest absolute Gasteiger partial charge is 0.224 e. The first kappa shape index (κ1) is 8.04. The van der Waals surface area contributed by atoms with E-state index in [9.17, 15) is 4.79 Å². The summed E-state index contributed by atoms with van der Waals surface area (Å²) in [6, 6.07) is 0.299. The maximum Gasteiger partial charge on any atom is 0.224 e. The fraction of sp³-hybridized carbons (Fsp3) is 0.417.